The molecule has 0 radical (unpaired) electrons. The molecule has 3 aliphatic heterocycles. The Hall–Kier alpha value is -2.91. The highest BCUT2D eigenvalue weighted by atomic mass is 79.9. The molecule has 6 aromatic rings. The van der Waals surface area contributed by atoms with Gasteiger partial charge in [-0.1, -0.05) is 59.6 Å². The molecule has 3 atom stereocenters. The van der Waals surface area contributed by atoms with Crippen LogP contribution in [0.3, 0.4) is 0 Å². The number of anilines is 2. The molecule has 3 aliphatic rings. The van der Waals surface area contributed by atoms with Gasteiger partial charge in [0.2, 0.25) is 0 Å². The van der Waals surface area contributed by atoms with Crippen LogP contribution < -0.4 is 10.6 Å². The largest absolute Gasteiger partial charge is 0.370 e. The Morgan fingerprint density at radius 2 is 1.27 bits per heavy atom. The second-order valence-electron chi connectivity index (χ2n) is 15.0. The summed E-state index contributed by atoms with van der Waals surface area (Å²) in [5, 5.41) is 17.6. The van der Waals surface area contributed by atoms with Crippen LogP contribution in [0.1, 0.15) is 32.1 Å². The number of piperidine rings is 2. The van der Waals surface area contributed by atoms with Gasteiger partial charge in [0.1, 0.15) is 11.6 Å². The Kier molecular flexibility index (Phi) is 13.1. The van der Waals surface area contributed by atoms with E-state index in [9.17, 15) is 0 Å². The second-order valence-corrected chi connectivity index (χ2v) is 18.7. The molecule has 4 aromatic heterocycles. The minimum absolute atomic E-state index is 0.639. The number of hydrogen-bond acceptors (Lipinski definition) is 9. The first-order chi connectivity index (χ1) is 27.3. The van der Waals surface area contributed by atoms with Gasteiger partial charge < -0.3 is 15.5 Å². The van der Waals surface area contributed by atoms with Crippen molar-refractivity contribution >= 4 is 89.8 Å². The fraction of sp³-hybridized carbons (Fsp3) is 0.415. The van der Waals surface area contributed by atoms with Crippen molar-refractivity contribution in [3.05, 3.63) is 92.0 Å². The lowest BCUT2D eigenvalue weighted by atomic mass is 9.96. The third-order valence-corrected chi connectivity index (χ3v) is 13.9. The van der Waals surface area contributed by atoms with E-state index in [-0.39, 0.29) is 0 Å². The van der Waals surface area contributed by atoms with Crippen molar-refractivity contribution in [3.8, 4) is 22.5 Å². The molecule has 0 aliphatic carbocycles. The lowest BCUT2D eigenvalue weighted by Crippen LogP contribution is -2.44. The summed E-state index contributed by atoms with van der Waals surface area (Å²) in [6.45, 7) is 6.62. The third-order valence-electron chi connectivity index (χ3n) is 11.0. The van der Waals surface area contributed by atoms with Gasteiger partial charge in [0.15, 0.2) is 11.3 Å². The van der Waals surface area contributed by atoms with E-state index in [1.54, 1.807) is 12.4 Å². The van der Waals surface area contributed by atoms with Crippen molar-refractivity contribution in [1.29, 1.82) is 0 Å². The Morgan fingerprint density at radius 3 is 1.79 bits per heavy atom. The van der Waals surface area contributed by atoms with Gasteiger partial charge in [-0.3, -0.25) is 4.90 Å². The highest BCUT2D eigenvalue weighted by Crippen LogP contribution is 2.33. The predicted molar refractivity (Wildman–Crippen MR) is 239 cm³/mol. The molecule has 0 saturated carbocycles. The SMILES string of the molecule is CN1CCCC(CNc2cc(-c3ccccc3Cl)nc3c(Br)cnn23)C1.Clc1ccccc1-c1cc(NCC2CCCN(C3CCSC3)C2)n2ncc(Br)c2n1. The molecule has 0 amide bonds. The fourth-order valence-electron chi connectivity index (χ4n) is 8.08. The lowest BCUT2D eigenvalue weighted by Gasteiger charge is -2.36. The molecule has 9 rings (SSSR count). The number of halogens is 4. The number of likely N-dealkylation sites (tertiary alicyclic amines) is 2. The normalized spacial score (nSPS) is 20.6. The van der Waals surface area contributed by atoms with E-state index in [2.05, 4.69) is 87.4 Å². The highest BCUT2D eigenvalue weighted by Gasteiger charge is 2.28. The molecule has 0 bridgehead atoms. The number of fused-ring (bicyclic) bond motifs is 2. The summed E-state index contributed by atoms with van der Waals surface area (Å²) in [5.74, 6) is 5.79. The molecule has 3 saturated heterocycles. The monoisotopic (exact) mass is 938 g/mol. The van der Waals surface area contributed by atoms with Gasteiger partial charge in [0, 0.05) is 71.3 Å². The Labute approximate surface area is 359 Å². The number of rotatable bonds is 9. The van der Waals surface area contributed by atoms with Crippen LogP contribution >= 0.6 is 66.8 Å². The quantitative estimate of drug-likeness (QED) is 0.147. The maximum Gasteiger partial charge on any atom is 0.172 e. The third kappa shape index (κ3) is 9.19. The molecule has 3 unspecified atom stereocenters. The van der Waals surface area contributed by atoms with Crippen molar-refractivity contribution in [1.82, 2.24) is 39.0 Å². The predicted octanol–water partition coefficient (Wildman–Crippen LogP) is 10.0. The van der Waals surface area contributed by atoms with Crippen molar-refractivity contribution in [3.63, 3.8) is 0 Å². The summed E-state index contributed by atoms with van der Waals surface area (Å²) in [6, 6.07) is 20.5. The topological polar surface area (TPSA) is 90.9 Å². The van der Waals surface area contributed by atoms with Crippen LogP contribution in [0, 0.1) is 11.8 Å². The van der Waals surface area contributed by atoms with Gasteiger partial charge in [0.25, 0.3) is 0 Å². The van der Waals surface area contributed by atoms with E-state index in [1.165, 1.54) is 63.2 Å². The number of nitrogens with one attached hydrogen (secondary N) is 2. The minimum atomic E-state index is 0.639. The average Bonchev–Trinajstić information content (AvgIpc) is 3.98. The summed E-state index contributed by atoms with van der Waals surface area (Å²) in [4.78, 5) is 14.7. The van der Waals surface area contributed by atoms with Crippen LogP contribution in [0.25, 0.3) is 33.8 Å². The summed E-state index contributed by atoms with van der Waals surface area (Å²) in [5.41, 5.74) is 5.12. The summed E-state index contributed by atoms with van der Waals surface area (Å²) in [6.07, 6.45) is 9.99. The molecule has 56 heavy (non-hydrogen) atoms. The standard InChI is InChI=1S/C22H25BrClN5S.C19H21BrClN5/c23-18-12-26-29-21(10-20(27-22(18)29)17-5-1-2-6-19(17)24)25-11-15-4-3-8-28(13-15)16-7-9-30-14-16;1-25-8-4-5-13(12-25)10-22-18-9-17(14-6-2-3-7-16(14)21)24-19-15(20)11-23-26(18)19/h1-2,5-6,10,12,15-16,25H,3-4,7-9,11,13-14H2;2-3,6-7,9,11,13,22H,4-5,8,10,12H2,1H3. The zero-order valence-corrected chi connectivity index (χ0v) is 36.9. The number of benzene rings is 2. The first-order valence-corrected chi connectivity index (χ1v) is 22.9. The Balaban J connectivity index is 0.000000159. The average molecular weight is 942 g/mol. The summed E-state index contributed by atoms with van der Waals surface area (Å²) < 4.78 is 5.46. The lowest BCUT2D eigenvalue weighted by molar-refractivity contribution is 0.139. The molecule has 15 heteroatoms. The first kappa shape index (κ1) is 39.9. The summed E-state index contributed by atoms with van der Waals surface area (Å²) in [7, 11) is 2.19. The Bertz CT molecular complexity index is 2280. The Morgan fingerprint density at radius 1 is 0.732 bits per heavy atom. The van der Waals surface area contributed by atoms with E-state index in [1.807, 2.05) is 63.6 Å². The first-order valence-electron chi connectivity index (χ1n) is 19.4. The van der Waals surface area contributed by atoms with E-state index < -0.39 is 0 Å². The number of aromatic nitrogens is 6. The molecule has 10 nitrogen and oxygen atoms in total. The number of hydrogen-bond donors (Lipinski definition) is 2. The van der Waals surface area contributed by atoms with Gasteiger partial charge in [-0.15, -0.1) is 0 Å². The van der Waals surface area contributed by atoms with Crippen molar-refractivity contribution < 1.29 is 0 Å². The van der Waals surface area contributed by atoms with E-state index in [4.69, 9.17) is 33.2 Å². The molecule has 3 fully saturated rings. The van der Waals surface area contributed by atoms with Crippen LogP contribution in [0.4, 0.5) is 11.6 Å². The van der Waals surface area contributed by atoms with Crippen molar-refractivity contribution in [2.45, 2.75) is 38.1 Å². The molecule has 294 valence electrons. The zero-order chi connectivity index (χ0) is 38.6. The van der Waals surface area contributed by atoms with E-state index in [0.29, 0.717) is 21.9 Å². The van der Waals surface area contributed by atoms with Gasteiger partial charge in [-0.05, 0) is 114 Å². The molecule has 2 N–H and O–H groups in total. The van der Waals surface area contributed by atoms with E-state index >= 15 is 0 Å². The fourth-order valence-corrected chi connectivity index (χ4v) is 10.5. The number of thioether (sulfide) groups is 1. The molecular formula is C41H46Br2Cl2N10S. The maximum atomic E-state index is 6.45. The smallest absolute Gasteiger partial charge is 0.172 e. The maximum absolute atomic E-state index is 6.45. The van der Waals surface area contributed by atoms with Gasteiger partial charge in [-0.25, -0.2) is 9.97 Å². The summed E-state index contributed by atoms with van der Waals surface area (Å²) >= 11 is 22.1. The minimum Gasteiger partial charge on any atom is -0.370 e. The van der Waals surface area contributed by atoms with Crippen LogP contribution in [0.2, 0.25) is 10.0 Å². The van der Waals surface area contributed by atoms with Crippen LogP contribution in [0.15, 0.2) is 82.0 Å². The van der Waals surface area contributed by atoms with Crippen LogP contribution in [-0.4, -0.2) is 103 Å². The molecule has 2 aromatic carbocycles. The second kappa shape index (κ2) is 18.3. The van der Waals surface area contributed by atoms with Gasteiger partial charge in [-0.2, -0.15) is 31.0 Å². The molecule has 0 spiro atoms. The van der Waals surface area contributed by atoms with Crippen LogP contribution in [-0.2, 0) is 0 Å². The highest BCUT2D eigenvalue weighted by molar-refractivity contribution is 9.11. The van der Waals surface area contributed by atoms with Gasteiger partial charge in [0.05, 0.1) is 32.7 Å². The van der Waals surface area contributed by atoms with Crippen LogP contribution in [0.5, 0.6) is 0 Å². The van der Waals surface area contributed by atoms with Gasteiger partial charge >= 0.3 is 0 Å². The molecule has 7 heterocycles. The molecular weight excluding hydrogens is 895 g/mol. The van der Waals surface area contributed by atoms with Crippen molar-refractivity contribution in [2.75, 3.05) is 68.5 Å². The zero-order valence-electron chi connectivity index (χ0n) is 31.4. The number of nitrogens with zero attached hydrogens (tertiary/aromatic N) is 8. The van der Waals surface area contributed by atoms with Crippen molar-refractivity contribution in [2.24, 2.45) is 11.8 Å². The van der Waals surface area contributed by atoms with E-state index in [0.717, 1.165) is 80.1 Å².